The van der Waals surface area contributed by atoms with Crippen molar-refractivity contribution in [2.24, 2.45) is 0 Å². The molecule has 0 aromatic heterocycles. The van der Waals surface area contributed by atoms with Gasteiger partial charge in [-0.05, 0) is 46.9 Å². The number of sulfone groups is 1. The van der Waals surface area contributed by atoms with Gasteiger partial charge < -0.3 is 5.32 Å². The Morgan fingerprint density at radius 2 is 2.17 bits per heavy atom. The highest BCUT2D eigenvalue weighted by atomic mass is 127. The lowest BCUT2D eigenvalue weighted by atomic mass is 10.2. The molecular formula is C11H9BrINO3S. The molecule has 18 heavy (non-hydrogen) atoms. The van der Waals surface area contributed by atoms with Crippen molar-refractivity contribution in [2.75, 3.05) is 5.75 Å². The van der Waals surface area contributed by atoms with Crippen molar-refractivity contribution in [3.05, 3.63) is 43.3 Å². The summed E-state index contributed by atoms with van der Waals surface area (Å²) in [5, 5.41) is 3.83. The summed E-state index contributed by atoms with van der Waals surface area (Å²) in [6.45, 7) is 0. The lowest BCUT2D eigenvalue weighted by Crippen LogP contribution is -2.35. The number of hydrogen-bond donors (Lipinski definition) is 1. The first-order valence-electron chi connectivity index (χ1n) is 5.04. The fraction of sp³-hybridized carbons (Fsp3) is 0.182. The van der Waals surface area contributed by atoms with Gasteiger partial charge >= 0.3 is 0 Å². The largest absolute Gasteiger partial charge is 0.345 e. The molecule has 1 aliphatic rings. The number of nitrogens with one attached hydrogen (secondary N) is 1. The number of halogens is 2. The lowest BCUT2D eigenvalue weighted by molar-refractivity contribution is 0.0946. The van der Waals surface area contributed by atoms with Gasteiger partial charge in [-0.25, -0.2) is 8.42 Å². The maximum Gasteiger partial charge on any atom is 0.252 e. The Morgan fingerprint density at radius 3 is 2.78 bits per heavy atom. The van der Waals surface area contributed by atoms with Crippen LogP contribution in [0.15, 0.2) is 34.2 Å². The molecule has 1 aromatic rings. The molecule has 0 fully saturated rings. The number of rotatable bonds is 2. The average Bonchev–Trinajstić information content (AvgIpc) is 2.61. The molecule has 1 atom stereocenters. The van der Waals surface area contributed by atoms with Crippen LogP contribution >= 0.6 is 38.5 Å². The summed E-state index contributed by atoms with van der Waals surface area (Å²) in [5.74, 6) is -0.337. The Labute approximate surface area is 127 Å². The Balaban J connectivity index is 2.14. The average molecular weight is 442 g/mol. The van der Waals surface area contributed by atoms with Gasteiger partial charge in [-0.1, -0.05) is 15.9 Å². The van der Waals surface area contributed by atoms with Crippen molar-refractivity contribution in [2.45, 2.75) is 6.04 Å². The lowest BCUT2D eigenvalue weighted by Gasteiger charge is -2.11. The SMILES string of the molecule is O=C(NC1C=CS(=O)(=O)C1)c1cc(Br)ccc1I. The Morgan fingerprint density at radius 1 is 1.44 bits per heavy atom. The van der Waals surface area contributed by atoms with Gasteiger partial charge in [0.1, 0.15) is 0 Å². The van der Waals surface area contributed by atoms with Crippen LogP contribution in [0, 0.1) is 3.57 Å². The fourth-order valence-electron chi connectivity index (χ4n) is 1.58. The molecule has 1 heterocycles. The molecule has 0 saturated heterocycles. The summed E-state index contributed by atoms with van der Waals surface area (Å²) in [4.78, 5) is 12.0. The number of carbonyl (C=O) groups is 1. The molecule has 0 radical (unpaired) electrons. The second kappa shape index (κ2) is 5.30. The van der Waals surface area contributed by atoms with E-state index in [1.165, 1.54) is 6.08 Å². The smallest absolute Gasteiger partial charge is 0.252 e. The predicted octanol–water partition coefficient (Wildman–Crippen LogP) is 2.09. The standard InChI is InChI=1S/C11H9BrINO3S/c12-7-1-2-10(13)9(5-7)11(15)14-8-3-4-18(16,17)6-8/h1-5,8H,6H2,(H,14,15). The molecule has 0 spiro atoms. The minimum atomic E-state index is -3.15. The summed E-state index contributed by atoms with van der Waals surface area (Å²) in [5.41, 5.74) is 0.530. The van der Waals surface area contributed by atoms with Gasteiger partial charge in [0.25, 0.3) is 5.91 Å². The highest BCUT2D eigenvalue weighted by Gasteiger charge is 2.24. The van der Waals surface area contributed by atoms with Crippen LogP contribution in [0.2, 0.25) is 0 Å². The minimum absolute atomic E-state index is 0.0661. The zero-order valence-corrected chi connectivity index (χ0v) is 13.6. The minimum Gasteiger partial charge on any atom is -0.345 e. The van der Waals surface area contributed by atoms with Crippen LogP contribution in [-0.4, -0.2) is 26.1 Å². The summed E-state index contributed by atoms with van der Waals surface area (Å²) < 4.78 is 24.1. The zero-order chi connectivity index (χ0) is 13.3. The summed E-state index contributed by atoms with van der Waals surface area (Å²) in [6.07, 6.45) is 1.50. The van der Waals surface area contributed by atoms with E-state index in [1.54, 1.807) is 6.07 Å². The molecule has 0 aliphatic carbocycles. The van der Waals surface area contributed by atoms with E-state index in [0.717, 1.165) is 13.5 Å². The van der Waals surface area contributed by atoms with Crippen LogP contribution in [0.1, 0.15) is 10.4 Å². The van der Waals surface area contributed by atoms with Crippen molar-refractivity contribution in [1.29, 1.82) is 0 Å². The summed E-state index contributed by atoms with van der Waals surface area (Å²) in [6, 6.07) is 4.93. The molecule has 4 nitrogen and oxygen atoms in total. The Hall–Kier alpha value is -0.410. The first-order valence-corrected chi connectivity index (χ1v) is 8.63. The predicted molar refractivity (Wildman–Crippen MR) is 81.0 cm³/mol. The van der Waals surface area contributed by atoms with Crippen LogP contribution in [-0.2, 0) is 9.84 Å². The van der Waals surface area contributed by atoms with Crippen molar-refractivity contribution >= 4 is 54.3 Å². The van der Waals surface area contributed by atoms with E-state index in [1.807, 2.05) is 12.1 Å². The van der Waals surface area contributed by atoms with Crippen molar-refractivity contribution < 1.29 is 13.2 Å². The molecule has 96 valence electrons. The summed E-state index contributed by atoms with van der Waals surface area (Å²) in [7, 11) is -3.15. The van der Waals surface area contributed by atoms with E-state index in [4.69, 9.17) is 0 Å². The number of amides is 1. The van der Waals surface area contributed by atoms with E-state index in [-0.39, 0.29) is 11.7 Å². The van der Waals surface area contributed by atoms with Crippen LogP contribution in [0.5, 0.6) is 0 Å². The van der Waals surface area contributed by atoms with Crippen LogP contribution in [0.3, 0.4) is 0 Å². The van der Waals surface area contributed by atoms with Crippen LogP contribution in [0.25, 0.3) is 0 Å². The monoisotopic (exact) mass is 441 g/mol. The zero-order valence-electron chi connectivity index (χ0n) is 9.06. The van der Waals surface area contributed by atoms with Crippen LogP contribution < -0.4 is 5.32 Å². The Bertz CT molecular complexity index is 627. The first-order chi connectivity index (χ1) is 8.37. The third kappa shape index (κ3) is 3.33. The molecular weight excluding hydrogens is 433 g/mol. The van der Waals surface area contributed by atoms with E-state index < -0.39 is 15.9 Å². The highest BCUT2D eigenvalue weighted by molar-refractivity contribution is 14.1. The Kier molecular flexibility index (Phi) is 4.12. The number of hydrogen-bond acceptors (Lipinski definition) is 3. The molecule has 2 rings (SSSR count). The van der Waals surface area contributed by atoms with E-state index in [0.29, 0.717) is 5.56 Å². The topological polar surface area (TPSA) is 63.2 Å². The van der Waals surface area contributed by atoms with Crippen molar-refractivity contribution in [3.63, 3.8) is 0 Å². The van der Waals surface area contributed by atoms with Gasteiger partial charge in [0.05, 0.1) is 17.4 Å². The van der Waals surface area contributed by atoms with Gasteiger partial charge in [-0.3, -0.25) is 4.79 Å². The number of carbonyl (C=O) groups excluding carboxylic acids is 1. The molecule has 1 unspecified atom stereocenters. The van der Waals surface area contributed by atoms with Gasteiger partial charge in [-0.15, -0.1) is 0 Å². The maximum atomic E-state index is 12.0. The van der Waals surface area contributed by atoms with E-state index in [9.17, 15) is 13.2 Å². The molecule has 7 heteroatoms. The second-order valence-corrected chi connectivity index (χ2v) is 7.87. The van der Waals surface area contributed by atoms with Gasteiger partial charge in [0.15, 0.2) is 9.84 Å². The normalized spacial score (nSPS) is 20.9. The van der Waals surface area contributed by atoms with Gasteiger partial charge in [0.2, 0.25) is 0 Å². The van der Waals surface area contributed by atoms with E-state index in [2.05, 4.69) is 43.8 Å². The van der Waals surface area contributed by atoms with Crippen molar-refractivity contribution in [1.82, 2.24) is 5.32 Å². The maximum absolute atomic E-state index is 12.0. The van der Waals surface area contributed by atoms with E-state index >= 15 is 0 Å². The van der Waals surface area contributed by atoms with Crippen molar-refractivity contribution in [3.8, 4) is 0 Å². The molecule has 0 saturated carbocycles. The van der Waals surface area contributed by atoms with Crippen LogP contribution in [0.4, 0.5) is 0 Å². The molecule has 1 N–H and O–H groups in total. The quantitative estimate of drug-likeness (QED) is 0.715. The first kappa shape index (κ1) is 14.0. The number of benzene rings is 1. The molecule has 0 bridgehead atoms. The fourth-order valence-corrected chi connectivity index (χ4v) is 3.76. The third-order valence-corrected chi connectivity index (χ3v) is 5.25. The van der Waals surface area contributed by atoms with Gasteiger partial charge in [0, 0.05) is 13.5 Å². The molecule has 1 amide bonds. The molecule has 1 aliphatic heterocycles. The third-order valence-electron chi connectivity index (χ3n) is 2.42. The summed E-state index contributed by atoms with van der Waals surface area (Å²) >= 11 is 5.37. The molecule has 1 aromatic carbocycles. The van der Waals surface area contributed by atoms with Gasteiger partial charge in [-0.2, -0.15) is 0 Å². The highest BCUT2D eigenvalue weighted by Crippen LogP contribution is 2.19. The second-order valence-electron chi connectivity index (χ2n) is 3.86.